The Morgan fingerprint density at radius 1 is 1.44 bits per heavy atom. The van der Waals surface area contributed by atoms with Gasteiger partial charge < -0.3 is 4.74 Å². The third kappa shape index (κ3) is 3.14. The number of hydrogen-bond acceptors (Lipinski definition) is 1. The van der Waals surface area contributed by atoms with Crippen LogP contribution in [0.1, 0.15) is 30.7 Å². The molecule has 0 bridgehead atoms. The number of methoxy groups -OCH3 is 1. The van der Waals surface area contributed by atoms with Gasteiger partial charge in [0.05, 0.1) is 11.6 Å². The van der Waals surface area contributed by atoms with E-state index in [-0.39, 0.29) is 4.83 Å². The van der Waals surface area contributed by atoms with Gasteiger partial charge in [-0.1, -0.05) is 47.8 Å². The van der Waals surface area contributed by atoms with E-state index in [4.69, 9.17) is 16.3 Å². The molecule has 0 aliphatic rings. The van der Waals surface area contributed by atoms with Crippen LogP contribution in [0.4, 0.5) is 0 Å². The standard InChI is InChI=1S/C12H15Br2ClO/c1-4-7(2)11(14)9-5-8(15)6-10(13)12(9)16-3/h5-7,11H,4H2,1-3H3. The lowest BCUT2D eigenvalue weighted by molar-refractivity contribution is 0.402. The highest BCUT2D eigenvalue weighted by molar-refractivity contribution is 9.10. The zero-order chi connectivity index (χ0) is 12.3. The van der Waals surface area contributed by atoms with Crippen LogP contribution in [0, 0.1) is 5.92 Å². The summed E-state index contributed by atoms with van der Waals surface area (Å²) in [6, 6.07) is 3.80. The molecule has 1 aromatic rings. The molecule has 0 aromatic heterocycles. The fourth-order valence-electron chi connectivity index (χ4n) is 1.51. The Labute approximate surface area is 119 Å². The van der Waals surface area contributed by atoms with E-state index in [2.05, 4.69) is 45.7 Å². The van der Waals surface area contributed by atoms with Crippen molar-refractivity contribution in [3.8, 4) is 5.75 Å². The molecule has 4 heteroatoms. The summed E-state index contributed by atoms with van der Waals surface area (Å²) in [5, 5.41) is 0.718. The first-order valence-corrected chi connectivity index (χ1v) is 7.26. The maximum atomic E-state index is 6.06. The van der Waals surface area contributed by atoms with Crippen molar-refractivity contribution < 1.29 is 4.74 Å². The van der Waals surface area contributed by atoms with Gasteiger partial charge in [-0.05, 0) is 34.0 Å². The van der Waals surface area contributed by atoms with Crippen LogP contribution in [-0.2, 0) is 0 Å². The lowest BCUT2D eigenvalue weighted by Gasteiger charge is -2.20. The molecule has 0 radical (unpaired) electrons. The van der Waals surface area contributed by atoms with Crippen molar-refractivity contribution in [2.75, 3.05) is 7.11 Å². The predicted octanol–water partition coefficient (Wildman–Crippen LogP) is 5.59. The monoisotopic (exact) mass is 368 g/mol. The number of rotatable bonds is 4. The van der Waals surface area contributed by atoms with Gasteiger partial charge in [0.1, 0.15) is 5.75 Å². The second-order valence-corrected chi connectivity index (χ2v) is 6.07. The minimum atomic E-state index is 0.252. The van der Waals surface area contributed by atoms with Crippen molar-refractivity contribution in [2.24, 2.45) is 5.92 Å². The number of alkyl halides is 1. The topological polar surface area (TPSA) is 9.23 Å². The Bertz CT molecular complexity index is 368. The van der Waals surface area contributed by atoms with Crippen LogP contribution in [-0.4, -0.2) is 7.11 Å². The number of ether oxygens (including phenoxy) is 1. The fraction of sp³-hybridized carbons (Fsp3) is 0.500. The SMILES string of the molecule is CCC(C)C(Br)c1cc(Cl)cc(Br)c1OC. The van der Waals surface area contributed by atoms with E-state index in [1.54, 1.807) is 7.11 Å². The average Bonchev–Trinajstić information content (AvgIpc) is 2.26. The summed E-state index contributed by atoms with van der Waals surface area (Å²) in [4.78, 5) is 0.252. The summed E-state index contributed by atoms with van der Waals surface area (Å²) in [6.07, 6.45) is 1.10. The predicted molar refractivity (Wildman–Crippen MR) is 76.8 cm³/mol. The molecule has 0 aliphatic heterocycles. The summed E-state index contributed by atoms with van der Waals surface area (Å²) in [5.41, 5.74) is 1.09. The Morgan fingerprint density at radius 3 is 2.56 bits per heavy atom. The van der Waals surface area contributed by atoms with Crippen molar-refractivity contribution in [3.63, 3.8) is 0 Å². The molecular formula is C12H15Br2ClO. The van der Waals surface area contributed by atoms with Gasteiger partial charge in [0.15, 0.2) is 0 Å². The van der Waals surface area contributed by atoms with Crippen LogP contribution in [0.2, 0.25) is 5.02 Å². The van der Waals surface area contributed by atoms with E-state index < -0.39 is 0 Å². The first-order valence-electron chi connectivity index (χ1n) is 5.18. The van der Waals surface area contributed by atoms with Gasteiger partial charge in [0.2, 0.25) is 0 Å². The van der Waals surface area contributed by atoms with Crippen LogP contribution >= 0.6 is 43.5 Å². The van der Waals surface area contributed by atoms with Gasteiger partial charge in [-0.2, -0.15) is 0 Å². The molecule has 2 unspecified atom stereocenters. The highest BCUT2D eigenvalue weighted by Crippen LogP contribution is 2.42. The highest BCUT2D eigenvalue weighted by Gasteiger charge is 2.20. The van der Waals surface area contributed by atoms with Gasteiger partial charge >= 0.3 is 0 Å². The van der Waals surface area contributed by atoms with Crippen molar-refractivity contribution in [1.82, 2.24) is 0 Å². The van der Waals surface area contributed by atoms with Gasteiger partial charge in [-0.3, -0.25) is 0 Å². The molecule has 1 rings (SSSR count). The van der Waals surface area contributed by atoms with Crippen molar-refractivity contribution in [2.45, 2.75) is 25.1 Å². The molecule has 0 N–H and O–H groups in total. The largest absolute Gasteiger partial charge is 0.495 e. The van der Waals surface area contributed by atoms with Crippen LogP contribution in [0.25, 0.3) is 0 Å². The first kappa shape index (κ1) is 14.3. The summed E-state index contributed by atoms with van der Waals surface area (Å²) >= 11 is 13.2. The minimum absolute atomic E-state index is 0.252. The lowest BCUT2D eigenvalue weighted by Crippen LogP contribution is -2.04. The van der Waals surface area contributed by atoms with Crippen LogP contribution < -0.4 is 4.74 Å². The van der Waals surface area contributed by atoms with E-state index in [1.165, 1.54) is 0 Å². The fourth-order valence-corrected chi connectivity index (χ4v) is 3.22. The molecule has 0 spiro atoms. The summed E-state index contributed by atoms with van der Waals surface area (Å²) in [5.74, 6) is 1.38. The van der Waals surface area contributed by atoms with E-state index in [1.807, 2.05) is 12.1 Å². The van der Waals surface area contributed by atoms with E-state index in [9.17, 15) is 0 Å². The van der Waals surface area contributed by atoms with Crippen LogP contribution in [0.5, 0.6) is 5.75 Å². The quantitative estimate of drug-likeness (QED) is 0.628. The van der Waals surface area contributed by atoms with E-state index >= 15 is 0 Å². The van der Waals surface area contributed by atoms with Gasteiger partial charge in [0.25, 0.3) is 0 Å². The zero-order valence-electron chi connectivity index (χ0n) is 9.56. The first-order chi connectivity index (χ1) is 7.51. The second-order valence-electron chi connectivity index (χ2n) is 3.80. The molecule has 0 amide bonds. The van der Waals surface area contributed by atoms with Crippen molar-refractivity contribution >= 4 is 43.5 Å². The maximum Gasteiger partial charge on any atom is 0.137 e. The number of hydrogen-bond donors (Lipinski definition) is 0. The summed E-state index contributed by atoms with van der Waals surface area (Å²) in [6.45, 7) is 4.37. The molecule has 90 valence electrons. The average molecular weight is 371 g/mol. The summed E-state index contributed by atoms with van der Waals surface area (Å²) in [7, 11) is 1.67. The van der Waals surface area contributed by atoms with Crippen molar-refractivity contribution in [3.05, 3.63) is 27.2 Å². The molecule has 1 aromatic carbocycles. The molecule has 16 heavy (non-hydrogen) atoms. The van der Waals surface area contributed by atoms with Gasteiger partial charge in [-0.15, -0.1) is 0 Å². The smallest absolute Gasteiger partial charge is 0.137 e. The van der Waals surface area contributed by atoms with Gasteiger partial charge in [-0.25, -0.2) is 0 Å². The molecule has 0 heterocycles. The Morgan fingerprint density at radius 2 is 2.06 bits per heavy atom. The number of benzene rings is 1. The molecule has 1 nitrogen and oxygen atoms in total. The molecule has 0 fully saturated rings. The molecule has 0 saturated carbocycles. The Hall–Kier alpha value is 0.270. The minimum Gasteiger partial charge on any atom is -0.495 e. The highest BCUT2D eigenvalue weighted by atomic mass is 79.9. The molecule has 0 saturated heterocycles. The second kappa shape index (κ2) is 6.27. The molecular weight excluding hydrogens is 355 g/mol. The molecule has 0 aliphatic carbocycles. The van der Waals surface area contributed by atoms with E-state index in [0.717, 1.165) is 27.2 Å². The van der Waals surface area contributed by atoms with E-state index in [0.29, 0.717) is 5.92 Å². The van der Waals surface area contributed by atoms with Crippen LogP contribution in [0.3, 0.4) is 0 Å². The lowest BCUT2D eigenvalue weighted by atomic mass is 9.98. The third-order valence-electron chi connectivity index (χ3n) is 2.68. The maximum absolute atomic E-state index is 6.06. The zero-order valence-corrected chi connectivity index (χ0v) is 13.5. The van der Waals surface area contributed by atoms with Crippen molar-refractivity contribution in [1.29, 1.82) is 0 Å². The summed E-state index contributed by atoms with van der Waals surface area (Å²) < 4.78 is 6.31. The third-order valence-corrected chi connectivity index (χ3v) is 4.88. The van der Waals surface area contributed by atoms with Gasteiger partial charge in [0, 0.05) is 15.4 Å². The Balaban J connectivity index is 3.20. The number of halogens is 3. The van der Waals surface area contributed by atoms with Crippen LogP contribution in [0.15, 0.2) is 16.6 Å². The normalized spacial score (nSPS) is 14.6. The Kier molecular flexibility index (Phi) is 5.62. The molecule has 2 atom stereocenters.